The Kier molecular flexibility index (Phi) is 5.29. The molecule has 0 fully saturated rings. The molecule has 2 atom stereocenters. The fourth-order valence-corrected chi connectivity index (χ4v) is 1.66. The molecule has 0 aliphatic rings. The third-order valence-corrected chi connectivity index (χ3v) is 2.66. The van der Waals surface area contributed by atoms with Crippen molar-refractivity contribution in [3.05, 3.63) is 29.8 Å². The van der Waals surface area contributed by atoms with Crippen molar-refractivity contribution in [3.8, 4) is 5.75 Å². The van der Waals surface area contributed by atoms with Crippen molar-refractivity contribution < 1.29 is 10.2 Å². The van der Waals surface area contributed by atoms with E-state index in [2.05, 4.69) is 19.2 Å². The highest BCUT2D eigenvalue weighted by Gasteiger charge is 2.08. The zero-order valence-electron chi connectivity index (χ0n) is 9.98. The average molecular weight is 223 g/mol. The summed E-state index contributed by atoms with van der Waals surface area (Å²) in [5, 5.41) is 22.3. The Labute approximate surface area is 97.1 Å². The van der Waals surface area contributed by atoms with Gasteiger partial charge in [-0.05, 0) is 31.0 Å². The minimum absolute atomic E-state index is 0.225. The van der Waals surface area contributed by atoms with Gasteiger partial charge in [0, 0.05) is 12.6 Å². The van der Waals surface area contributed by atoms with Crippen LogP contribution in [0.4, 0.5) is 0 Å². The number of aliphatic hydroxyl groups is 1. The van der Waals surface area contributed by atoms with E-state index in [1.807, 2.05) is 0 Å². The molecule has 3 nitrogen and oxygen atoms in total. The normalized spacial score (nSPS) is 14.7. The van der Waals surface area contributed by atoms with E-state index >= 15 is 0 Å². The van der Waals surface area contributed by atoms with Crippen LogP contribution in [0.1, 0.15) is 38.4 Å². The first kappa shape index (κ1) is 13.0. The van der Waals surface area contributed by atoms with Crippen molar-refractivity contribution >= 4 is 0 Å². The summed E-state index contributed by atoms with van der Waals surface area (Å²) in [6.07, 6.45) is 1.74. The number of aliphatic hydroxyl groups excluding tert-OH is 1. The zero-order chi connectivity index (χ0) is 12.0. The van der Waals surface area contributed by atoms with E-state index in [9.17, 15) is 5.11 Å². The molecule has 0 saturated heterocycles. The van der Waals surface area contributed by atoms with Crippen LogP contribution < -0.4 is 5.32 Å². The molecule has 1 aromatic rings. The molecule has 0 bridgehead atoms. The van der Waals surface area contributed by atoms with Crippen molar-refractivity contribution in [2.24, 2.45) is 0 Å². The molecule has 0 aliphatic carbocycles. The monoisotopic (exact) mass is 223 g/mol. The SMILES string of the molecule is CCCC(C)NC[C@H](O)c1ccc(O)cc1. The highest BCUT2D eigenvalue weighted by Crippen LogP contribution is 2.16. The lowest BCUT2D eigenvalue weighted by atomic mass is 10.1. The summed E-state index contributed by atoms with van der Waals surface area (Å²) < 4.78 is 0. The van der Waals surface area contributed by atoms with Crippen LogP contribution in [-0.4, -0.2) is 22.8 Å². The fraction of sp³-hybridized carbons (Fsp3) is 0.538. The maximum absolute atomic E-state index is 9.88. The summed E-state index contributed by atoms with van der Waals surface area (Å²) in [5.41, 5.74) is 0.828. The van der Waals surface area contributed by atoms with Gasteiger partial charge >= 0.3 is 0 Å². The molecule has 0 aromatic heterocycles. The van der Waals surface area contributed by atoms with Gasteiger partial charge in [0.05, 0.1) is 6.10 Å². The van der Waals surface area contributed by atoms with Crippen LogP contribution in [0.3, 0.4) is 0 Å². The molecule has 0 aliphatic heterocycles. The lowest BCUT2D eigenvalue weighted by molar-refractivity contribution is 0.170. The Hall–Kier alpha value is -1.06. The second-order valence-corrected chi connectivity index (χ2v) is 4.21. The van der Waals surface area contributed by atoms with E-state index in [1.165, 1.54) is 0 Å². The summed E-state index contributed by atoms with van der Waals surface area (Å²) in [5.74, 6) is 0.225. The first-order valence-electron chi connectivity index (χ1n) is 5.84. The molecule has 16 heavy (non-hydrogen) atoms. The van der Waals surface area contributed by atoms with E-state index in [0.717, 1.165) is 18.4 Å². The van der Waals surface area contributed by atoms with Crippen LogP contribution in [0.25, 0.3) is 0 Å². The summed E-state index contributed by atoms with van der Waals surface area (Å²) in [6.45, 7) is 4.81. The fourth-order valence-electron chi connectivity index (χ4n) is 1.66. The van der Waals surface area contributed by atoms with Crippen LogP contribution in [0.2, 0.25) is 0 Å². The van der Waals surface area contributed by atoms with Gasteiger partial charge in [0.1, 0.15) is 5.75 Å². The summed E-state index contributed by atoms with van der Waals surface area (Å²) >= 11 is 0. The quantitative estimate of drug-likeness (QED) is 0.693. The Morgan fingerprint density at radius 1 is 1.25 bits per heavy atom. The number of benzene rings is 1. The topological polar surface area (TPSA) is 52.5 Å². The second kappa shape index (κ2) is 6.51. The van der Waals surface area contributed by atoms with Crippen molar-refractivity contribution in [2.75, 3.05) is 6.54 Å². The number of nitrogens with one attached hydrogen (secondary N) is 1. The van der Waals surface area contributed by atoms with Gasteiger partial charge in [-0.15, -0.1) is 0 Å². The number of aromatic hydroxyl groups is 1. The summed E-state index contributed by atoms with van der Waals surface area (Å²) in [4.78, 5) is 0. The molecular weight excluding hydrogens is 202 g/mol. The third kappa shape index (κ3) is 4.21. The van der Waals surface area contributed by atoms with Crippen LogP contribution in [-0.2, 0) is 0 Å². The van der Waals surface area contributed by atoms with Crippen molar-refractivity contribution in [1.29, 1.82) is 0 Å². The third-order valence-electron chi connectivity index (χ3n) is 2.66. The van der Waals surface area contributed by atoms with E-state index in [-0.39, 0.29) is 5.75 Å². The Bertz CT molecular complexity index is 297. The van der Waals surface area contributed by atoms with Crippen LogP contribution in [0, 0.1) is 0 Å². The van der Waals surface area contributed by atoms with Gasteiger partial charge in [0.2, 0.25) is 0 Å². The largest absolute Gasteiger partial charge is 0.508 e. The first-order chi connectivity index (χ1) is 7.63. The predicted octanol–water partition coefficient (Wildman–Crippen LogP) is 2.20. The van der Waals surface area contributed by atoms with E-state index in [4.69, 9.17) is 5.11 Å². The molecule has 3 N–H and O–H groups in total. The number of hydrogen-bond donors (Lipinski definition) is 3. The zero-order valence-corrected chi connectivity index (χ0v) is 9.98. The average Bonchev–Trinajstić information content (AvgIpc) is 2.27. The Morgan fingerprint density at radius 2 is 1.88 bits per heavy atom. The van der Waals surface area contributed by atoms with Gasteiger partial charge in [-0.1, -0.05) is 25.5 Å². The highest BCUT2D eigenvalue weighted by atomic mass is 16.3. The lowest BCUT2D eigenvalue weighted by Crippen LogP contribution is -2.30. The summed E-state index contributed by atoms with van der Waals surface area (Å²) in [6, 6.07) is 7.09. The van der Waals surface area contributed by atoms with Gasteiger partial charge in [-0.3, -0.25) is 0 Å². The van der Waals surface area contributed by atoms with Gasteiger partial charge in [0.15, 0.2) is 0 Å². The minimum Gasteiger partial charge on any atom is -0.508 e. The number of rotatable bonds is 6. The summed E-state index contributed by atoms with van der Waals surface area (Å²) in [7, 11) is 0. The van der Waals surface area contributed by atoms with Crippen molar-refractivity contribution in [1.82, 2.24) is 5.32 Å². The number of hydrogen-bond acceptors (Lipinski definition) is 3. The molecule has 0 amide bonds. The highest BCUT2D eigenvalue weighted by molar-refractivity contribution is 5.27. The van der Waals surface area contributed by atoms with E-state index < -0.39 is 6.10 Å². The predicted molar refractivity (Wildman–Crippen MR) is 65.4 cm³/mol. The van der Waals surface area contributed by atoms with Gasteiger partial charge in [0.25, 0.3) is 0 Å². The van der Waals surface area contributed by atoms with Crippen molar-refractivity contribution in [2.45, 2.75) is 38.8 Å². The molecule has 1 aromatic carbocycles. The maximum atomic E-state index is 9.88. The van der Waals surface area contributed by atoms with Gasteiger partial charge < -0.3 is 15.5 Å². The molecule has 0 saturated carbocycles. The van der Waals surface area contributed by atoms with Gasteiger partial charge in [-0.25, -0.2) is 0 Å². The lowest BCUT2D eigenvalue weighted by Gasteiger charge is -2.16. The molecule has 90 valence electrons. The smallest absolute Gasteiger partial charge is 0.115 e. The van der Waals surface area contributed by atoms with Crippen molar-refractivity contribution in [3.63, 3.8) is 0 Å². The van der Waals surface area contributed by atoms with E-state index in [1.54, 1.807) is 24.3 Å². The minimum atomic E-state index is -0.514. The Morgan fingerprint density at radius 3 is 2.44 bits per heavy atom. The standard InChI is InChI=1S/C13H21NO2/c1-3-4-10(2)14-9-13(16)11-5-7-12(15)8-6-11/h5-8,10,13-16H,3-4,9H2,1-2H3/t10?,13-/m0/s1. The molecule has 0 heterocycles. The van der Waals surface area contributed by atoms with Gasteiger partial charge in [-0.2, -0.15) is 0 Å². The second-order valence-electron chi connectivity index (χ2n) is 4.21. The maximum Gasteiger partial charge on any atom is 0.115 e. The van der Waals surface area contributed by atoms with Crippen LogP contribution in [0.5, 0.6) is 5.75 Å². The molecule has 1 unspecified atom stereocenters. The molecule has 3 heteroatoms. The first-order valence-corrected chi connectivity index (χ1v) is 5.84. The number of phenols is 1. The van der Waals surface area contributed by atoms with Crippen LogP contribution in [0.15, 0.2) is 24.3 Å². The molecule has 1 rings (SSSR count). The molecule has 0 radical (unpaired) electrons. The van der Waals surface area contributed by atoms with Crippen LogP contribution >= 0.6 is 0 Å². The number of phenolic OH excluding ortho intramolecular Hbond substituents is 1. The molecular formula is C13H21NO2. The Balaban J connectivity index is 2.40. The van der Waals surface area contributed by atoms with E-state index in [0.29, 0.717) is 12.6 Å². The molecule has 0 spiro atoms.